The first-order valence-electron chi connectivity index (χ1n) is 5.19. The van der Waals surface area contributed by atoms with Gasteiger partial charge in [0.2, 0.25) is 0 Å². The van der Waals surface area contributed by atoms with Crippen LogP contribution in [0.2, 0.25) is 0 Å². The minimum absolute atomic E-state index is 0.134. The molecule has 3 heteroatoms. The van der Waals surface area contributed by atoms with Crippen LogP contribution in [0.3, 0.4) is 0 Å². The molecule has 0 radical (unpaired) electrons. The molecule has 0 spiro atoms. The quantitative estimate of drug-likeness (QED) is 0.725. The highest BCUT2D eigenvalue weighted by molar-refractivity contribution is 5.82. The molecule has 1 aromatic carbocycles. The van der Waals surface area contributed by atoms with E-state index in [0.717, 1.165) is 18.5 Å². The molecule has 15 heavy (non-hydrogen) atoms. The molecule has 1 rings (SSSR count). The third-order valence-electron chi connectivity index (χ3n) is 2.06. The summed E-state index contributed by atoms with van der Waals surface area (Å²) in [5.74, 6) is -0.134. The van der Waals surface area contributed by atoms with Gasteiger partial charge in [-0.15, -0.1) is 0 Å². The van der Waals surface area contributed by atoms with Gasteiger partial charge >= 0.3 is 0 Å². The van der Waals surface area contributed by atoms with Crippen molar-refractivity contribution in [3.63, 3.8) is 0 Å². The molecule has 0 saturated carbocycles. The van der Waals surface area contributed by atoms with Gasteiger partial charge in [0, 0.05) is 6.42 Å². The maximum atomic E-state index is 12.6. The van der Waals surface area contributed by atoms with Crippen molar-refractivity contribution < 1.29 is 9.18 Å². The number of nitrogens with one attached hydrogen (secondary N) is 1. The topological polar surface area (TPSA) is 29.1 Å². The van der Waals surface area contributed by atoms with Gasteiger partial charge in [-0.1, -0.05) is 19.1 Å². The van der Waals surface area contributed by atoms with Crippen LogP contribution >= 0.6 is 0 Å². The van der Waals surface area contributed by atoms with Crippen molar-refractivity contribution in [1.82, 2.24) is 5.32 Å². The summed E-state index contributed by atoms with van der Waals surface area (Å²) in [6.45, 7) is 3.30. The van der Waals surface area contributed by atoms with E-state index in [1.54, 1.807) is 12.1 Å². The molecule has 1 N–H and O–H groups in total. The normalized spacial score (nSPS) is 10.3. The molecule has 0 saturated heterocycles. The average molecular weight is 209 g/mol. The summed E-state index contributed by atoms with van der Waals surface area (Å²) in [7, 11) is 0. The molecule has 0 aliphatic carbocycles. The van der Waals surface area contributed by atoms with Crippen molar-refractivity contribution in [2.45, 2.75) is 19.8 Å². The van der Waals surface area contributed by atoms with Gasteiger partial charge in [-0.25, -0.2) is 4.39 Å². The highest BCUT2D eigenvalue weighted by atomic mass is 19.1. The first kappa shape index (κ1) is 11.9. The molecule has 0 atom stereocenters. The van der Waals surface area contributed by atoms with Crippen LogP contribution in [0.1, 0.15) is 18.9 Å². The number of ketones is 1. The van der Waals surface area contributed by atoms with Crippen LogP contribution in [-0.4, -0.2) is 18.9 Å². The molecule has 2 nitrogen and oxygen atoms in total. The Balaban J connectivity index is 2.34. The third-order valence-corrected chi connectivity index (χ3v) is 2.06. The van der Waals surface area contributed by atoms with E-state index < -0.39 is 0 Å². The second-order valence-corrected chi connectivity index (χ2v) is 3.52. The Bertz CT molecular complexity index is 308. The lowest BCUT2D eigenvalue weighted by atomic mass is 10.1. The Morgan fingerprint density at radius 2 is 2.00 bits per heavy atom. The molecule has 82 valence electrons. The van der Waals surface area contributed by atoms with Crippen LogP contribution < -0.4 is 5.32 Å². The SMILES string of the molecule is CCCNCC(=O)Cc1ccc(F)cc1. The molecule has 0 aliphatic rings. The molecular weight excluding hydrogens is 193 g/mol. The van der Waals surface area contributed by atoms with Gasteiger partial charge in [-0.2, -0.15) is 0 Å². The van der Waals surface area contributed by atoms with Crippen LogP contribution in [-0.2, 0) is 11.2 Å². The highest BCUT2D eigenvalue weighted by Gasteiger charge is 2.02. The van der Waals surface area contributed by atoms with E-state index >= 15 is 0 Å². The first-order chi connectivity index (χ1) is 7.22. The number of hydrogen-bond acceptors (Lipinski definition) is 2. The lowest BCUT2D eigenvalue weighted by molar-refractivity contribution is -0.117. The maximum absolute atomic E-state index is 12.6. The Hall–Kier alpha value is -1.22. The number of benzene rings is 1. The fraction of sp³-hybridized carbons (Fsp3) is 0.417. The van der Waals surface area contributed by atoms with Crippen molar-refractivity contribution >= 4 is 5.78 Å². The number of Topliss-reactive ketones (excluding diaryl/α,β-unsaturated/α-hetero) is 1. The number of rotatable bonds is 6. The minimum atomic E-state index is -0.268. The predicted molar refractivity (Wildman–Crippen MR) is 58.3 cm³/mol. The fourth-order valence-electron chi connectivity index (χ4n) is 1.30. The van der Waals surface area contributed by atoms with Crippen molar-refractivity contribution in [2.75, 3.05) is 13.1 Å². The van der Waals surface area contributed by atoms with Crippen molar-refractivity contribution in [1.29, 1.82) is 0 Å². The molecule has 1 aromatic rings. The van der Waals surface area contributed by atoms with Gasteiger partial charge in [0.05, 0.1) is 6.54 Å². The fourth-order valence-corrected chi connectivity index (χ4v) is 1.30. The van der Waals surface area contributed by atoms with E-state index in [9.17, 15) is 9.18 Å². The molecule has 0 unspecified atom stereocenters. The smallest absolute Gasteiger partial charge is 0.150 e. The van der Waals surface area contributed by atoms with E-state index in [0.29, 0.717) is 13.0 Å². The van der Waals surface area contributed by atoms with Gasteiger partial charge in [-0.05, 0) is 30.7 Å². The zero-order chi connectivity index (χ0) is 11.1. The summed E-state index contributed by atoms with van der Waals surface area (Å²) in [6, 6.07) is 6.05. The first-order valence-corrected chi connectivity index (χ1v) is 5.19. The Labute approximate surface area is 89.5 Å². The van der Waals surface area contributed by atoms with E-state index in [2.05, 4.69) is 12.2 Å². The van der Waals surface area contributed by atoms with Gasteiger partial charge in [-0.3, -0.25) is 4.79 Å². The second kappa shape index (κ2) is 6.30. The summed E-state index contributed by atoms with van der Waals surface area (Å²) in [5.41, 5.74) is 0.861. The molecule has 0 aliphatic heterocycles. The van der Waals surface area contributed by atoms with Crippen molar-refractivity contribution in [3.05, 3.63) is 35.6 Å². The van der Waals surface area contributed by atoms with Crippen LogP contribution in [0.5, 0.6) is 0 Å². The van der Waals surface area contributed by atoms with E-state index in [-0.39, 0.29) is 11.6 Å². The van der Waals surface area contributed by atoms with Crippen molar-refractivity contribution in [3.8, 4) is 0 Å². The van der Waals surface area contributed by atoms with E-state index in [1.807, 2.05) is 0 Å². The maximum Gasteiger partial charge on any atom is 0.150 e. The van der Waals surface area contributed by atoms with E-state index in [4.69, 9.17) is 0 Å². The van der Waals surface area contributed by atoms with Crippen molar-refractivity contribution in [2.24, 2.45) is 0 Å². The monoisotopic (exact) mass is 209 g/mol. The zero-order valence-corrected chi connectivity index (χ0v) is 8.92. The number of hydrogen-bond donors (Lipinski definition) is 1. The summed E-state index contributed by atoms with van der Waals surface area (Å²) < 4.78 is 12.6. The van der Waals surface area contributed by atoms with Crippen LogP contribution in [0, 0.1) is 5.82 Å². The Morgan fingerprint density at radius 3 is 2.60 bits per heavy atom. The Kier molecular flexibility index (Phi) is 4.98. The lowest BCUT2D eigenvalue weighted by Crippen LogP contribution is -2.24. The summed E-state index contributed by atoms with van der Waals surface area (Å²) in [6.07, 6.45) is 1.39. The lowest BCUT2D eigenvalue weighted by Gasteiger charge is -2.02. The van der Waals surface area contributed by atoms with Crippen LogP contribution in [0.25, 0.3) is 0 Å². The minimum Gasteiger partial charge on any atom is -0.310 e. The molecular formula is C12H16FNO. The number of carbonyl (C=O) groups excluding carboxylic acids is 1. The molecule has 0 heterocycles. The standard InChI is InChI=1S/C12H16FNO/c1-2-7-14-9-12(15)8-10-3-5-11(13)6-4-10/h3-6,14H,2,7-9H2,1H3. The number of halogens is 1. The van der Waals surface area contributed by atoms with Gasteiger partial charge in [0.1, 0.15) is 5.82 Å². The van der Waals surface area contributed by atoms with Crippen LogP contribution in [0.15, 0.2) is 24.3 Å². The molecule has 0 fully saturated rings. The zero-order valence-electron chi connectivity index (χ0n) is 8.92. The van der Waals surface area contributed by atoms with Gasteiger partial charge < -0.3 is 5.32 Å². The second-order valence-electron chi connectivity index (χ2n) is 3.52. The third kappa shape index (κ3) is 4.70. The summed E-state index contributed by atoms with van der Waals surface area (Å²) in [4.78, 5) is 11.4. The van der Waals surface area contributed by atoms with Crippen LogP contribution in [0.4, 0.5) is 4.39 Å². The average Bonchev–Trinajstić information content (AvgIpc) is 2.22. The van der Waals surface area contributed by atoms with Gasteiger partial charge in [0.15, 0.2) is 5.78 Å². The summed E-state index contributed by atoms with van der Waals surface area (Å²) >= 11 is 0. The van der Waals surface area contributed by atoms with Gasteiger partial charge in [0.25, 0.3) is 0 Å². The molecule has 0 amide bonds. The largest absolute Gasteiger partial charge is 0.310 e. The molecule has 0 bridgehead atoms. The molecule has 0 aromatic heterocycles. The summed E-state index contributed by atoms with van der Waals surface area (Å²) in [5, 5.41) is 3.04. The number of carbonyl (C=O) groups is 1. The Morgan fingerprint density at radius 1 is 1.33 bits per heavy atom. The highest BCUT2D eigenvalue weighted by Crippen LogP contribution is 2.03. The van der Waals surface area contributed by atoms with E-state index in [1.165, 1.54) is 12.1 Å². The predicted octanol–water partition coefficient (Wildman–Crippen LogP) is 1.94.